The van der Waals surface area contributed by atoms with E-state index >= 15 is 0 Å². The normalized spacial score (nSPS) is 17.3. The summed E-state index contributed by atoms with van der Waals surface area (Å²) in [6, 6.07) is 9.61. The second-order valence-electron chi connectivity index (χ2n) is 5.49. The average Bonchev–Trinajstić information content (AvgIpc) is 3.04. The molecule has 5 nitrogen and oxygen atoms in total. The summed E-state index contributed by atoms with van der Waals surface area (Å²) in [5.41, 5.74) is 2.43. The number of hydrogen-bond acceptors (Lipinski definition) is 4. The maximum Gasteiger partial charge on any atom is 0.257 e. The van der Waals surface area contributed by atoms with Crippen molar-refractivity contribution in [2.45, 2.75) is 12.5 Å². The maximum absolute atomic E-state index is 12.2. The summed E-state index contributed by atoms with van der Waals surface area (Å²) in [4.78, 5) is 18.5. The van der Waals surface area contributed by atoms with Crippen LogP contribution in [0.3, 0.4) is 0 Å². The molecular weight excluding hydrogens is 358 g/mol. The van der Waals surface area contributed by atoms with E-state index < -0.39 is 0 Å². The molecule has 1 atom stereocenters. The zero-order chi connectivity index (χ0) is 16.2. The van der Waals surface area contributed by atoms with Crippen molar-refractivity contribution in [3.63, 3.8) is 0 Å². The predicted octanol–water partition coefficient (Wildman–Crippen LogP) is 3.32. The van der Waals surface area contributed by atoms with Gasteiger partial charge in [0.15, 0.2) is 0 Å². The molecule has 1 N–H and O–H groups in total. The number of anilines is 2. The Hall–Kier alpha value is -1.92. The van der Waals surface area contributed by atoms with Crippen LogP contribution in [0.2, 0.25) is 0 Å². The molecule has 6 heteroatoms. The highest BCUT2D eigenvalue weighted by molar-refractivity contribution is 9.10. The van der Waals surface area contributed by atoms with Gasteiger partial charge >= 0.3 is 0 Å². The second-order valence-corrected chi connectivity index (χ2v) is 6.40. The van der Waals surface area contributed by atoms with Crippen LogP contribution >= 0.6 is 15.9 Å². The van der Waals surface area contributed by atoms with Crippen LogP contribution in [-0.2, 0) is 4.74 Å². The molecule has 1 aromatic heterocycles. The number of rotatable bonds is 4. The van der Waals surface area contributed by atoms with E-state index in [-0.39, 0.29) is 5.91 Å². The summed E-state index contributed by atoms with van der Waals surface area (Å²) in [6.45, 7) is 1.90. The quantitative estimate of drug-likeness (QED) is 0.890. The van der Waals surface area contributed by atoms with E-state index in [1.165, 1.54) is 0 Å². The van der Waals surface area contributed by atoms with Crippen LogP contribution in [-0.4, -0.2) is 37.2 Å². The highest BCUT2D eigenvalue weighted by Gasteiger charge is 2.22. The lowest BCUT2D eigenvalue weighted by atomic mass is 10.2. The number of nitrogens with zero attached hydrogens (tertiary/aromatic N) is 2. The molecule has 120 valence electrons. The number of methoxy groups -OCH3 is 1. The van der Waals surface area contributed by atoms with Crippen LogP contribution in [0.15, 0.2) is 47.2 Å². The maximum atomic E-state index is 12.2. The molecule has 0 radical (unpaired) electrons. The zero-order valence-corrected chi connectivity index (χ0v) is 14.4. The molecule has 3 rings (SSSR count). The first-order valence-corrected chi connectivity index (χ1v) is 8.25. The van der Waals surface area contributed by atoms with Gasteiger partial charge in [0.2, 0.25) is 0 Å². The van der Waals surface area contributed by atoms with Crippen LogP contribution in [0.4, 0.5) is 11.4 Å². The second kappa shape index (κ2) is 7.10. The first kappa shape index (κ1) is 16.0. The summed E-state index contributed by atoms with van der Waals surface area (Å²) in [5.74, 6) is -0.174. The van der Waals surface area contributed by atoms with Crippen molar-refractivity contribution in [1.82, 2.24) is 4.98 Å². The van der Waals surface area contributed by atoms with E-state index in [2.05, 4.69) is 31.1 Å². The molecule has 1 aromatic carbocycles. The molecule has 0 saturated carbocycles. The van der Waals surface area contributed by atoms with E-state index in [9.17, 15) is 4.79 Å². The summed E-state index contributed by atoms with van der Waals surface area (Å²) < 4.78 is 6.17. The van der Waals surface area contributed by atoms with Crippen molar-refractivity contribution in [1.29, 1.82) is 0 Å². The van der Waals surface area contributed by atoms with Crippen molar-refractivity contribution >= 4 is 33.2 Å². The predicted molar refractivity (Wildman–Crippen MR) is 94.0 cm³/mol. The van der Waals surface area contributed by atoms with Crippen molar-refractivity contribution < 1.29 is 9.53 Å². The zero-order valence-electron chi connectivity index (χ0n) is 12.8. The number of carbonyl (C=O) groups excluding carboxylic acids is 1. The van der Waals surface area contributed by atoms with Crippen LogP contribution in [0.25, 0.3) is 0 Å². The third kappa shape index (κ3) is 3.89. The minimum absolute atomic E-state index is 0.174. The Morgan fingerprint density at radius 3 is 2.78 bits per heavy atom. The number of halogens is 1. The van der Waals surface area contributed by atoms with E-state index in [1.807, 2.05) is 24.3 Å². The molecule has 1 aliphatic rings. The summed E-state index contributed by atoms with van der Waals surface area (Å²) in [7, 11) is 1.75. The van der Waals surface area contributed by atoms with Gasteiger partial charge in [0.1, 0.15) is 0 Å². The summed E-state index contributed by atoms with van der Waals surface area (Å²) in [6.07, 6.45) is 4.54. The fourth-order valence-corrected chi connectivity index (χ4v) is 3.01. The minimum atomic E-state index is -0.174. The standard InChI is InChI=1S/C17H18BrN3O2/c1-23-16-6-7-21(11-16)15-4-2-14(3-5-15)20-17(22)12-8-13(18)10-19-9-12/h2-5,8-10,16H,6-7,11H2,1H3,(H,20,22)/t16-/m0/s1. The number of nitrogens with one attached hydrogen (secondary N) is 1. The van der Waals surface area contributed by atoms with E-state index in [0.717, 1.165) is 35.4 Å². The Bertz CT molecular complexity index is 690. The number of benzene rings is 1. The van der Waals surface area contributed by atoms with Crippen LogP contribution in [0, 0.1) is 0 Å². The summed E-state index contributed by atoms with van der Waals surface area (Å²) in [5, 5.41) is 2.88. The molecule has 2 heterocycles. The van der Waals surface area contributed by atoms with Gasteiger partial charge in [0.05, 0.1) is 11.7 Å². The monoisotopic (exact) mass is 375 g/mol. The number of carbonyl (C=O) groups is 1. The van der Waals surface area contributed by atoms with Crippen molar-refractivity contribution in [3.8, 4) is 0 Å². The van der Waals surface area contributed by atoms with Gasteiger partial charge in [-0.2, -0.15) is 0 Å². The largest absolute Gasteiger partial charge is 0.380 e. The lowest BCUT2D eigenvalue weighted by Gasteiger charge is -2.18. The van der Waals surface area contributed by atoms with Crippen molar-refractivity contribution in [2.75, 3.05) is 30.4 Å². The van der Waals surface area contributed by atoms with Crippen molar-refractivity contribution in [2.24, 2.45) is 0 Å². The highest BCUT2D eigenvalue weighted by Crippen LogP contribution is 2.23. The third-order valence-corrected chi connectivity index (χ3v) is 4.37. The first-order chi connectivity index (χ1) is 11.2. The molecule has 0 spiro atoms. The van der Waals surface area contributed by atoms with Gasteiger partial charge in [-0.05, 0) is 52.7 Å². The lowest BCUT2D eigenvalue weighted by Crippen LogP contribution is -2.22. The van der Waals surface area contributed by atoms with Crippen molar-refractivity contribution in [3.05, 3.63) is 52.8 Å². The van der Waals surface area contributed by atoms with Gasteiger partial charge in [-0.25, -0.2) is 0 Å². The molecule has 0 aliphatic carbocycles. The van der Waals surface area contributed by atoms with Gasteiger partial charge in [0.25, 0.3) is 5.91 Å². The Kier molecular flexibility index (Phi) is 4.93. The SMILES string of the molecule is CO[C@H]1CCN(c2ccc(NC(=O)c3cncc(Br)c3)cc2)C1. The smallest absolute Gasteiger partial charge is 0.257 e. The Morgan fingerprint density at radius 1 is 1.35 bits per heavy atom. The fourth-order valence-electron chi connectivity index (χ4n) is 2.65. The molecule has 1 amide bonds. The molecule has 1 saturated heterocycles. The topological polar surface area (TPSA) is 54.5 Å². The Balaban J connectivity index is 1.65. The van der Waals surface area contributed by atoms with Gasteiger partial charge in [-0.3, -0.25) is 9.78 Å². The van der Waals surface area contributed by atoms with Gasteiger partial charge in [-0.15, -0.1) is 0 Å². The molecule has 0 bridgehead atoms. The van der Waals surface area contributed by atoms with E-state index in [1.54, 1.807) is 25.6 Å². The van der Waals surface area contributed by atoms with Gasteiger partial charge in [0, 0.05) is 48.4 Å². The number of amides is 1. The number of hydrogen-bond donors (Lipinski definition) is 1. The van der Waals surface area contributed by atoms with Gasteiger partial charge < -0.3 is 15.0 Å². The first-order valence-electron chi connectivity index (χ1n) is 7.45. The number of ether oxygens (including phenoxy) is 1. The van der Waals surface area contributed by atoms with Gasteiger partial charge in [-0.1, -0.05) is 0 Å². The molecule has 1 aliphatic heterocycles. The van der Waals surface area contributed by atoms with E-state index in [4.69, 9.17) is 4.74 Å². The summed E-state index contributed by atoms with van der Waals surface area (Å²) >= 11 is 3.32. The Labute approximate surface area is 143 Å². The van der Waals surface area contributed by atoms with Crippen LogP contribution < -0.4 is 10.2 Å². The number of pyridine rings is 1. The minimum Gasteiger partial charge on any atom is -0.380 e. The Morgan fingerprint density at radius 2 is 2.13 bits per heavy atom. The molecule has 1 fully saturated rings. The average molecular weight is 376 g/mol. The molecule has 0 unspecified atom stereocenters. The lowest BCUT2D eigenvalue weighted by molar-refractivity contribution is 0.102. The van der Waals surface area contributed by atoms with E-state index in [0.29, 0.717) is 11.7 Å². The van der Waals surface area contributed by atoms with Crippen LogP contribution in [0.5, 0.6) is 0 Å². The number of aromatic nitrogens is 1. The fraction of sp³-hybridized carbons (Fsp3) is 0.294. The molecule has 23 heavy (non-hydrogen) atoms. The highest BCUT2D eigenvalue weighted by atomic mass is 79.9. The molecule has 2 aromatic rings. The molecular formula is C17H18BrN3O2. The third-order valence-electron chi connectivity index (χ3n) is 3.94. The van der Waals surface area contributed by atoms with Crippen LogP contribution in [0.1, 0.15) is 16.8 Å².